The summed E-state index contributed by atoms with van der Waals surface area (Å²) in [6.07, 6.45) is 1.35. The average molecular weight is 504 g/mol. The van der Waals surface area contributed by atoms with Crippen molar-refractivity contribution in [2.75, 3.05) is 32.2 Å². The van der Waals surface area contributed by atoms with Gasteiger partial charge in [-0.2, -0.15) is 0 Å². The molecule has 11 nitrogen and oxygen atoms in total. The van der Waals surface area contributed by atoms with Crippen molar-refractivity contribution in [1.29, 1.82) is 0 Å². The van der Waals surface area contributed by atoms with Crippen molar-refractivity contribution in [2.45, 2.75) is 6.92 Å². The lowest BCUT2D eigenvalue weighted by molar-refractivity contribution is -0.139. The van der Waals surface area contributed by atoms with Gasteiger partial charge in [0.2, 0.25) is 5.91 Å². The summed E-state index contributed by atoms with van der Waals surface area (Å²) < 4.78 is 15.8. The molecular weight excluding hydrogens is 482 g/mol. The van der Waals surface area contributed by atoms with Crippen LogP contribution in [0, 0.1) is 0 Å². The largest absolute Gasteiger partial charge is 0.495 e. The number of imide groups is 1. The highest BCUT2D eigenvalue weighted by molar-refractivity contribution is 6.32. The topological polar surface area (TPSA) is 144 Å². The first-order valence-corrected chi connectivity index (χ1v) is 10.7. The van der Waals surface area contributed by atoms with Crippen LogP contribution in [0.4, 0.5) is 10.5 Å². The van der Waals surface area contributed by atoms with Gasteiger partial charge in [-0.25, -0.2) is 14.5 Å². The minimum atomic E-state index is -1.19. The van der Waals surface area contributed by atoms with Crippen LogP contribution in [0.3, 0.4) is 0 Å². The van der Waals surface area contributed by atoms with E-state index in [4.69, 9.17) is 30.9 Å². The summed E-state index contributed by atoms with van der Waals surface area (Å²) in [5.41, 5.74) is 0.689. The molecule has 0 spiro atoms. The van der Waals surface area contributed by atoms with Gasteiger partial charge in [0.15, 0.2) is 18.1 Å². The van der Waals surface area contributed by atoms with Crippen LogP contribution in [0.2, 0.25) is 5.02 Å². The maximum Gasteiger partial charge on any atom is 0.341 e. The van der Waals surface area contributed by atoms with Crippen molar-refractivity contribution in [2.24, 2.45) is 0 Å². The normalized spacial score (nSPS) is 14.0. The Morgan fingerprint density at radius 3 is 2.60 bits per heavy atom. The van der Waals surface area contributed by atoms with Gasteiger partial charge in [-0.15, -0.1) is 0 Å². The van der Waals surface area contributed by atoms with Crippen molar-refractivity contribution < 1.29 is 38.5 Å². The third-order valence-electron chi connectivity index (χ3n) is 4.63. The molecular formula is C23H22ClN3O8. The number of amides is 4. The highest BCUT2D eigenvalue weighted by atomic mass is 35.5. The zero-order chi connectivity index (χ0) is 25.5. The lowest BCUT2D eigenvalue weighted by atomic mass is 10.1. The SMILES string of the molecule is CCOc1cc(/C=C2/NC(=O)N(CC(=O)Nc3ccccc3OC)C2=O)cc(Cl)c1OCC(=O)O. The van der Waals surface area contributed by atoms with Gasteiger partial charge < -0.3 is 30.0 Å². The fraction of sp³-hybridized carbons (Fsp3) is 0.217. The lowest BCUT2D eigenvalue weighted by Gasteiger charge is -2.14. The number of para-hydroxylation sites is 2. The van der Waals surface area contributed by atoms with Crippen LogP contribution in [-0.4, -0.2) is 60.7 Å². The standard InChI is InChI=1S/C23H22ClN3O8/c1-3-34-18-10-13(8-14(24)21(18)35-12-20(29)30)9-16-22(31)27(23(32)26-16)11-19(28)25-15-6-4-5-7-17(15)33-2/h4-10H,3,11-12H2,1-2H3,(H,25,28)(H,26,32)(H,29,30)/b16-9+. The first kappa shape index (κ1) is 25.4. The molecule has 0 aromatic heterocycles. The summed E-state index contributed by atoms with van der Waals surface area (Å²) in [5, 5.41) is 13.9. The molecule has 0 radical (unpaired) electrons. The van der Waals surface area contributed by atoms with Gasteiger partial charge in [0, 0.05) is 0 Å². The number of rotatable bonds is 10. The summed E-state index contributed by atoms with van der Waals surface area (Å²) in [4.78, 5) is 49.2. The van der Waals surface area contributed by atoms with E-state index >= 15 is 0 Å². The maximum atomic E-state index is 12.8. The predicted molar refractivity (Wildman–Crippen MR) is 126 cm³/mol. The number of anilines is 1. The molecule has 2 aromatic carbocycles. The van der Waals surface area contributed by atoms with Crippen LogP contribution < -0.4 is 24.8 Å². The number of carbonyl (C=O) groups excluding carboxylic acids is 3. The number of nitrogens with zero attached hydrogens (tertiary/aromatic N) is 1. The Labute approximate surface area is 205 Å². The van der Waals surface area contributed by atoms with E-state index < -0.39 is 37.0 Å². The molecule has 3 rings (SSSR count). The molecule has 12 heteroatoms. The van der Waals surface area contributed by atoms with Gasteiger partial charge in [-0.3, -0.25) is 9.59 Å². The van der Waals surface area contributed by atoms with Gasteiger partial charge in [0.1, 0.15) is 18.0 Å². The van der Waals surface area contributed by atoms with Crippen molar-refractivity contribution >= 4 is 47.2 Å². The van der Waals surface area contributed by atoms with Gasteiger partial charge in [-0.1, -0.05) is 23.7 Å². The second-order valence-corrected chi connectivity index (χ2v) is 7.48. The van der Waals surface area contributed by atoms with Crippen LogP contribution in [0.1, 0.15) is 12.5 Å². The highest BCUT2D eigenvalue weighted by Gasteiger charge is 2.35. The molecule has 0 bridgehead atoms. The van der Waals surface area contributed by atoms with Crippen LogP contribution in [0.25, 0.3) is 6.08 Å². The second-order valence-electron chi connectivity index (χ2n) is 7.07. The van der Waals surface area contributed by atoms with E-state index in [2.05, 4.69) is 10.6 Å². The third kappa shape index (κ3) is 6.21. The van der Waals surface area contributed by atoms with E-state index in [0.29, 0.717) is 17.0 Å². The maximum absolute atomic E-state index is 12.8. The zero-order valence-electron chi connectivity index (χ0n) is 18.8. The molecule has 3 N–H and O–H groups in total. The number of aliphatic carboxylic acids is 1. The molecule has 1 aliphatic heterocycles. The molecule has 0 atom stereocenters. The number of carboxylic acid groups (broad SMARTS) is 1. The van der Waals surface area contributed by atoms with Crippen LogP contribution in [0.15, 0.2) is 42.1 Å². The quantitative estimate of drug-likeness (QED) is 0.331. The van der Waals surface area contributed by atoms with Crippen molar-refractivity contribution in [3.63, 3.8) is 0 Å². The Morgan fingerprint density at radius 1 is 1.17 bits per heavy atom. The third-order valence-corrected chi connectivity index (χ3v) is 4.91. The Hall–Kier alpha value is -4.25. The number of halogens is 1. The van der Waals surface area contributed by atoms with Crippen molar-refractivity contribution in [3.05, 3.63) is 52.7 Å². The molecule has 1 saturated heterocycles. The Bertz CT molecular complexity index is 1200. The molecule has 0 aliphatic carbocycles. The monoisotopic (exact) mass is 503 g/mol. The molecule has 0 unspecified atom stereocenters. The Morgan fingerprint density at radius 2 is 1.91 bits per heavy atom. The highest BCUT2D eigenvalue weighted by Crippen LogP contribution is 2.37. The summed E-state index contributed by atoms with van der Waals surface area (Å²) in [6.45, 7) is 0.812. The van der Waals surface area contributed by atoms with Crippen LogP contribution in [-0.2, 0) is 14.4 Å². The summed E-state index contributed by atoms with van der Waals surface area (Å²) in [7, 11) is 1.45. The van der Waals surface area contributed by atoms with E-state index in [-0.39, 0.29) is 28.8 Å². The molecule has 4 amide bonds. The number of ether oxygens (including phenoxy) is 3. The minimum Gasteiger partial charge on any atom is -0.495 e. The molecule has 1 aliphatic rings. The summed E-state index contributed by atoms with van der Waals surface area (Å²) >= 11 is 6.23. The van der Waals surface area contributed by atoms with Gasteiger partial charge in [0.25, 0.3) is 5.91 Å². The first-order valence-electron chi connectivity index (χ1n) is 10.3. The molecule has 2 aromatic rings. The number of urea groups is 1. The average Bonchev–Trinajstić information content (AvgIpc) is 3.06. The molecule has 0 saturated carbocycles. The lowest BCUT2D eigenvalue weighted by Crippen LogP contribution is -2.38. The minimum absolute atomic E-state index is 0.0366. The summed E-state index contributed by atoms with van der Waals surface area (Å²) in [5.74, 6) is -1.88. The fourth-order valence-electron chi connectivity index (χ4n) is 3.17. The predicted octanol–water partition coefficient (Wildman–Crippen LogP) is 2.74. The number of methoxy groups -OCH3 is 1. The number of carbonyl (C=O) groups is 4. The summed E-state index contributed by atoms with van der Waals surface area (Å²) in [6, 6.07) is 8.85. The van der Waals surface area contributed by atoms with Gasteiger partial charge in [-0.05, 0) is 42.8 Å². The van der Waals surface area contributed by atoms with Crippen molar-refractivity contribution in [3.8, 4) is 17.2 Å². The van der Waals surface area contributed by atoms with Gasteiger partial charge >= 0.3 is 12.0 Å². The fourth-order valence-corrected chi connectivity index (χ4v) is 3.44. The molecule has 35 heavy (non-hydrogen) atoms. The second kappa shape index (κ2) is 11.3. The number of carboxylic acids is 1. The van der Waals surface area contributed by atoms with E-state index in [9.17, 15) is 19.2 Å². The molecule has 184 valence electrons. The van der Waals surface area contributed by atoms with Gasteiger partial charge in [0.05, 0.1) is 24.4 Å². The van der Waals surface area contributed by atoms with Crippen molar-refractivity contribution in [1.82, 2.24) is 10.2 Å². The number of hydrogen-bond acceptors (Lipinski definition) is 7. The van der Waals surface area contributed by atoms with E-state index in [1.54, 1.807) is 31.2 Å². The van der Waals surface area contributed by atoms with Crippen LogP contribution in [0.5, 0.6) is 17.2 Å². The Balaban J connectivity index is 1.77. The number of benzene rings is 2. The molecule has 1 fully saturated rings. The first-order chi connectivity index (χ1) is 16.7. The van der Waals surface area contributed by atoms with Crippen LogP contribution >= 0.6 is 11.6 Å². The zero-order valence-corrected chi connectivity index (χ0v) is 19.5. The smallest absolute Gasteiger partial charge is 0.341 e. The molecule has 1 heterocycles. The number of nitrogens with one attached hydrogen (secondary N) is 2. The van der Waals surface area contributed by atoms with E-state index in [0.717, 1.165) is 4.90 Å². The van der Waals surface area contributed by atoms with E-state index in [1.165, 1.54) is 25.3 Å². The Kier molecular flexibility index (Phi) is 8.16. The van der Waals surface area contributed by atoms with E-state index in [1.807, 2.05) is 0 Å². The number of hydrogen-bond donors (Lipinski definition) is 3.